The predicted octanol–water partition coefficient (Wildman–Crippen LogP) is 3.49. The minimum atomic E-state index is -0.600. The smallest absolute Gasteiger partial charge is 0.277 e. The summed E-state index contributed by atoms with van der Waals surface area (Å²) in [5, 5.41) is 4.16. The van der Waals surface area contributed by atoms with Crippen LogP contribution < -0.4 is 10.5 Å². The van der Waals surface area contributed by atoms with Gasteiger partial charge in [-0.25, -0.2) is 9.37 Å². The van der Waals surface area contributed by atoms with E-state index in [4.69, 9.17) is 15.0 Å². The van der Waals surface area contributed by atoms with Crippen molar-refractivity contribution in [3.05, 3.63) is 50.9 Å². The Morgan fingerprint density at radius 1 is 1.39 bits per heavy atom. The van der Waals surface area contributed by atoms with Crippen LogP contribution in [0.3, 0.4) is 0 Å². The highest BCUT2D eigenvalue weighted by molar-refractivity contribution is 7.14. The number of hydrogen-bond donors (Lipinski definition) is 1. The summed E-state index contributed by atoms with van der Waals surface area (Å²) in [5.41, 5.74) is 7.50. The number of amides is 1. The number of thiazole rings is 1. The standard InChI is InChI=1S/C22H21FN4O3S/c1-11(16-7-12(2)30-26-16)5-6-13-8-14-18(9-15(13)23)29-10-17(27(3)4)20-19(14)25-22(31-20)21(24)28/h7-9,11,17H,10H2,1-4H3,(H2,24,28)/t11-,17?/m0/s1. The normalized spacial score (nSPS) is 15.9. The van der Waals surface area contributed by atoms with Crippen molar-refractivity contribution in [3.63, 3.8) is 0 Å². The van der Waals surface area contributed by atoms with E-state index < -0.39 is 11.7 Å². The molecule has 4 rings (SSSR count). The number of ether oxygens (including phenoxy) is 1. The van der Waals surface area contributed by atoms with Crippen LogP contribution in [0.2, 0.25) is 0 Å². The molecule has 2 N–H and O–H groups in total. The molecule has 0 spiro atoms. The fraction of sp³-hybridized carbons (Fsp3) is 0.318. The van der Waals surface area contributed by atoms with Crippen LogP contribution in [-0.4, -0.2) is 41.6 Å². The molecule has 3 heterocycles. The maximum atomic E-state index is 14.8. The molecular weight excluding hydrogens is 419 g/mol. The fourth-order valence-electron chi connectivity index (χ4n) is 3.29. The summed E-state index contributed by atoms with van der Waals surface area (Å²) in [6.45, 7) is 3.96. The Morgan fingerprint density at radius 2 is 2.16 bits per heavy atom. The zero-order valence-corrected chi connectivity index (χ0v) is 18.3. The minimum absolute atomic E-state index is 0.152. The van der Waals surface area contributed by atoms with Gasteiger partial charge in [-0.15, -0.1) is 11.3 Å². The molecule has 0 fully saturated rings. The van der Waals surface area contributed by atoms with Crippen molar-refractivity contribution >= 4 is 17.2 Å². The van der Waals surface area contributed by atoms with Crippen molar-refractivity contribution in [2.45, 2.75) is 25.8 Å². The lowest BCUT2D eigenvalue weighted by molar-refractivity contribution is 0.1000. The average molecular weight is 441 g/mol. The molecule has 1 aliphatic heterocycles. The molecule has 7 nitrogen and oxygen atoms in total. The Kier molecular flexibility index (Phi) is 5.52. The van der Waals surface area contributed by atoms with Crippen LogP contribution in [0.25, 0.3) is 11.3 Å². The van der Waals surface area contributed by atoms with Crippen LogP contribution in [0.5, 0.6) is 5.75 Å². The van der Waals surface area contributed by atoms with Crippen molar-refractivity contribution in [2.75, 3.05) is 20.7 Å². The lowest BCUT2D eigenvalue weighted by atomic mass is 10.0. The number of carbonyl (C=O) groups excluding carboxylic acids is 1. The second kappa shape index (κ2) is 8.13. The van der Waals surface area contributed by atoms with Gasteiger partial charge in [0.2, 0.25) is 0 Å². The van der Waals surface area contributed by atoms with Gasteiger partial charge in [-0.3, -0.25) is 9.69 Å². The first-order valence-corrected chi connectivity index (χ1v) is 10.4. The van der Waals surface area contributed by atoms with Crippen LogP contribution >= 0.6 is 11.3 Å². The van der Waals surface area contributed by atoms with Gasteiger partial charge in [0, 0.05) is 17.7 Å². The number of nitrogens with two attached hydrogens (primary N) is 1. The number of aryl methyl sites for hydroxylation is 1. The Labute approximate surface area is 183 Å². The molecule has 1 aliphatic rings. The van der Waals surface area contributed by atoms with Gasteiger partial charge in [-0.2, -0.15) is 0 Å². The van der Waals surface area contributed by atoms with E-state index in [9.17, 15) is 9.18 Å². The maximum absolute atomic E-state index is 14.8. The number of aromatic nitrogens is 2. The van der Waals surface area contributed by atoms with Crippen LogP contribution in [0.1, 0.15) is 50.6 Å². The van der Waals surface area contributed by atoms with Crippen molar-refractivity contribution < 1.29 is 18.4 Å². The number of rotatable bonds is 3. The first-order chi connectivity index (χ1) is 14.7. The number of halogens is 1. The Morgan fingerprint density at radius 3 is 2.81 bits per heavy atom. The summed E-state index contributed by atoms with van der Waals surface area (Å²) < 4.78 is 25.8. The number of nitrogens with zero attached hydrogens (tertiary/aromatic N) is 3. The Balaban J connectivity index is 1.79. The molecule has 0 radical (unpaired) electrons. The Bertz CT molecular complexity index is 1220. The van der Waals surface area contributed by atoms with E-state index in [1.165, 1.54) is 17.4 Å². The lowest BCUT2D eigenvalue weighted by Crippen LogP contribution is -2.24. The van der Waals surface area contributed by atoms with Gasteiger partial charge in [0.05, 0.1) is 33.8 Å². The highest BCUT2D eigenvalue weighted by Gasteiger charge is 2.30. The molecule has 1 aromatic carbocycles. The topological polar surface area (TPSA) is 94.5 Å². The van der Waals surface area contributed by atoms with Gasteiger partial charge in [0.15, 0.2) is 5.01 Å². The molecule has 0 bridgehead atoms. The van der Waals surface area contributed by atoms with Crippen LogP contribution in [0.15, 0.2) is 22.7 Å². The van der Waals surface area contributed by atoms with Crippen molar-refractivity contribution in [1.82, 2.24) is 15.0 Å². The van der Waals surface area contributed by atoms with E-state index in [0.717, 1.165) is 4.88 Å². The second-order valence-corrected chi connectivity index (χ2v) is 8.60. The first kappa shape index (κ1) is 21.0. The lowest BCUT2D eigenvalue weighted by Gasteiger charge is -2.21. The minimum Gasteiger partial charge on any atom is -0.491 e. The largest absolute Gasteiger partial charge is 0.491 e. The summed E-state index contributed by atoms with van der Waals surface area (Å²) in [4.78, 5) is 19.0. The van der Waals surface area contributed by atoms with Gasteiger partial charge >= 0.3 is 0 Å². The molecule has 3 aromatic rings. The number of hydrogen-bond acceptors (Lipinski definition) is 7. The molecule has 2 aromatic heterocycles. The summed E-state index contributed by atoms with van der Waals surface area (Å²) >= 11 is 1.23. The summed E-state index contributed by atoms with van der Waals surface area (Å²) in [6, 6.07) is 4.57. The van der Waals surface area contributed by atoms with Gasteiger partial charge in [0.25, 0.3) is 5.91 Å². The summed E-state index contributed by atoms with van der Waals surface area (Å²) in [6.07, 6.45) is 0. The van der Waals surface area contributed by atoms with Gasteiger partial charge in [-0.1, -0.05) is 17.0 Å². The molecule has 0 saturated heterocycles. The second-order valence-electron chi connectivity index (χ2n) is 7.57. The average Bonchev–Trinajstić information content (AvgIpc) is 3.31. The molecule has 0 saturated carbocycles. The molecule has 9 heteroatoms. The quantitative estimate of drug-likeness (QED) is 0.627. The third-order valence-corrected chi connectivity index (χ3v) is 6.20. The van der Waals surface area contributed by atoms with E-state index in [0.29, 0.717) is 35.1 Å². The monoisotopic (exact) mass is 440 g/mol. The molecule has 1 amide bonds. The van der Waals surface area contributed by atoms with Crippen LogP contribution in [-0.2, 0) is 0 Å². The maximum Gasteiger partial charge on any atom is 0.277 e. The summed E-state index contributed by atoms with van der Waals surface area (Å²) in [7, 11) is 3.81. The van der Waals surface area contributed by atoms with E-state index in [1.54, 1.807) is 19.1 Å². The van der Waals surface area contributed by atoms with E-state index in [2.05, 4.69) is 22.0 Å². The molecule has 0 aliphatic carbocycles. The number of likely N-dealkylation sites (N-methyl/N-ethyl adjacent to an activating group) is 1. The van der Waals surface area contributed by atoms with E-state index in [1.807, 2.05) is 25.9 Å². The fourth-order valence-corrected chi connectivity index (χ4v) is 4.40. The first-order valence-electron chi connectivity index (χ1n) is 9.63. The molecule has 1 unspecified atom stereocenters. The van der Waals surface area contributed by atoms with Crippen molar-refractivity contribution in [2.24, 2.45) is 5.73 Å². The molecule has 2 atom stereocenters. The van der Waals surface area contributed by atoms with Crippen molar-refractivity contribution in [1.29, 1.82) is 0 Å². The zero-order valence-electron chi connectivity index (χ0n) is 17.5. The van der Waals surface area contributed by atoms with Crippen LogP contribution in [0.4, 0.5) is 4.39 Å². The van der Waals surface area contributed by atoms with Gasteiger partial charge < -0.3 is 15.0 Å². The molecule has 160 valence electrons. The highest BCUT2D eigenvalue weighted by Crippen LogP contribution is 2.43. The SMILES string of the molecule is Cc1cc([C@@H](C)C#Cc2cc3c(cc2F)OCC(N(C)C)c2sc(C(N)=O)nc2-3)no1. The summed E-state index contributed by atoms with van der Waals surface area (Å²) in [5.74, 6) is 5.62. The van der Waals surface area contributed by atoms with Crippen molar-refractivity contribution in [3.8, 4) is 28.8 Å². The van der Waals surface area contributed by atoms with E-state index in [-0.39, 0.29) is 22.5 Å². The predicted molar refractivity (Wildman–Crippen MR) is 114 cm³/mol. The third-order valence-electron chi connectivity index (χ3n) is 5.02. The molecular formula is C22H21FN4O3S. The Hall–Kier alpha value is -3.22. The van der Waals surface area contributed by atoms with E-state index >= 15 is 0 Å². The van der Waals surface area contributed by atoms with Gasteiger partial charge in [0.1, 0.15) is 23.9 Å². The molecule has 31 heavy (non-hydrogen) atoms. The zero-order chi connectivity index (χ0) is 22.3. The number of primary amides is 1. The van der Waals surface area contributed by atoms with Gasteiger partial charge in [-0.05, 0) is 34.0 Å². The number of carbonyl (C=O) groups is 1. The number of fused-ring (bicyclic) bond motifs is 3. The number of benzene rings is 1. The highest BCUT2D eigenvalue weighted by atomic mass is 32.1. The van der Waals surface area contributed by atoms with Crippen LogP contribution in [0, 0.1) is 24.6 Å². The third kappa shape index (κ3) is 4.04.